The molecule has 1 N–H and O–H groups in total. The van der Waals surface area contributed by atoms with Crippen LogP contribution in [0.4, 0.5) is 0 Å². The number of likely N-dealkylation sites (tertiary alicyclic amines) is 1. The second-order valence-corrected chi connectivity index (χ2v) is 6.70. The summed E-state index contributed by atoms with van der Waals surface area (Å²) >= 11 is 0. The lowest BCUT2D eigenvalue weighted by atomic mass is 9.69. The Morgan fingerprint density at radius 1 is 1.55 bits per heavy atom. The van der Waals surface area contributed by atoms with E-state index in [9.17, 15) is 9.90 Å². The van der Waals surface area contributed by atoms with Crippen molar-refractivity contribution in [1.82, 2.24) is 10.1 Å². The molecule has 0 aromatic carbocycles. The molecule has 1 saturated heterocycles. The Labute approximate surface area is 130 Å². The maximum absolute atomic E-state index is 12.8. The summed E-state index contributed by atoms with van der Waals surface area (Å²) in [6.45, 7) is 5.04. The normalized spacial score (nSPS) is 28.9. The molecule has 1 amide bonds. The smallest absolute Gasteiger partial charge is 0.276 e. The molecule has 22 heavy (non-hydrogen) atoms. The highest BCUT2D eigenvalue weighted by atomic mass is 16.5. The van der Waals surface area contributed by atoms with Crippen LogP contribution in [0.1, 0.15) is 48.0 Å². The van der Waals surface area contributed by atoms with Crippen LogP contribution in [0, 0.1) is 18.8 Å². The van der Waals surface area contributed by atoms with Crippen LogP contribution in [-0.4, -0.2) is 46.9 Å². The number of carbonyl (C=O) groups is 1. The number of hydrogen-bond acceptors (Lipinski definition) is 5. The average Bonchev–Trinajstić information content (AvgIpc) is 2.90. The van der Waals surface area contributed by atoms with Crippen LogP contribution in [0.5, 0.6) is 0 Å². The van der Waals surface area contributed by atoms with E-state index in [4.69, 9.17) is 9.26 Å². The molecular weight excluding hydrogens is 284 g/mol. The molecule has 1 aliphatic heterocycles. The third-order valence-corrected chi connectivity index (χ3v) is 5.37. The number of aryl methyl sites for hydroxylation is 1. The highest BCUT2D eigenvalue weighted by molar-refractivity contribution is 5.94. The molecule has 2 heterocycles. The minimum Gasteiger partial charge on any atom is -0.387 e. The molecular formula is C16H24N2O4. The topological polar surface area (TPSA) is 75.8 Å². The van der Waals surface area contributed by atoms with Gasteiger partial charge in [-0.1, -0.05) is 18.5 Å². The van der Waals surface area contributed by atoms with E-state index in [1.807, 2.05) is 6.92 Å². The monoisotopic (exact) mass is 308 g/mol. The second-order valence-electron chi connectivity index (χ2n) is 6.70. The number of rotatable bonds is 4. The molecule has 122 valence electrons. The van der Waals surface area contributed by atoms with Crippen molar-refractivity contribution in [3.8, 4) is 0 Å². The van der Waals surface area contributed by atoms with Crippen molar-refractivity contribution >= 4 is 5.91 Å². The third kappa shape index (κ3) is 2.34. The minimum absolute atomic E-state index is 0.0839. The predicted molar refractivity (Wildman–Crippen MR) is 79.3 cm³/mol. The van der Waals surface area contributed by atoms with Crippen LogP contribution in [0.25, 0.3) is 0 Å². The SMILES string of the molecule is COCc1c(C(=O)N2C[C@@H](C)[C@](O)(C3CCC3)C2)noc1C. The first kappa shape index (κ1) is 15.5. The number of carbonyl (C=O) groups excluding carboxylic acids is 1. The van der Waals surface area contributed by atoms with Gasteiger partial charge < -0.3 is 19.3 Å². The summed E-state index contributed by atoms with van der Waals surface area (Å²) in [5.74, 6) is 0.830. The maximum Gasteiger partial charge on any atom is 0.276 e. The summed E-state index contributed by atoms with van der Waals surface area (Å²) in [7, 11) is 1.58. The zero-order chi connectivity index (χ0) is 15.9. The highest BCUT2D eigenvalue weighted by Gasteiger charge is 2.51. The maximum atomic E-state index is 12.8. The van der Waals surface area contributed by atoms with E-state index in [1.165, 1.54) is 6.42 Å². The lowest BCUT2D eigenvalue weighted by molar-refractivity contribution is -0.0660. The van der Waals surface area contributed by atoms with Crippen LogP contribution < -0.4 is 0 Å². The van der Waals surface area contributed by atoms with Gasteiger partial charge in [-0.05, 0) is 25.7 Å². The lowest BCUT2D eigenvalue weighted by Crippen LogP contribution is -2.48. The Balaban J connectivity index is 1.79. The summed E-state index contributed by atoms with van der Waals surface area (Å²) in [4.78, 5) is 14.5. The first-order valence-corrected chi connectivity index (χ1v) is 7.93. The number of hydrogen-bond donors (Lipinski definition) is 1. The van der Waals surface area contributed by atoms with Crippen LogP contribution in [0.2, 0.25) is 0 Å². The van der Waals surface area contributed by atoms with Crippen molar-refractivity contribution in [3.63, 3.8) is 0 Å². The van der Waals surface area contributed by atoms with Crippen molar-refractivity contribution in [1.29, 1.82) is 0 Å². The van der Waals surface area contributed by atoms with Gasteiger partial charge in [-0.2, -0.15) is 0 Å². The standard InChI is InChI=1S/C16H24N2O4/c1-10-7-18(9-16(10,20)12-5-4-6-12)15(19)14-13(8-21-3)11(2)22-17-14/h10,12,20H,4-9H2,1-3H3/t10-,16+/m1/s1. The molecule has 1 aromatic rings. The number of amides is 1. The predicted octanol–water partition coefficient (Wildman–Crippen LogP) is 1.75. The summed E-state index contributed by atoms with van der Waals surface area (Å²) in [5.41, 5.74) is 0.248. The van der Waals surface area contributed by atoms with Crippen molar-refractivity contribution < 1.29 is 19.2 Å². The van der Waals surface area contributed by atoms with Gasteiger partial charge in [0.05, 0.1) is 24.3 Å². The zero-order valence-corrected chi connectivity index (χ0v) is 13.5. The summed E-state index contributed by atoms with van der Waals surface area (Å²) in [6, 6.07) is 0. The van der Waals surface area contributed by atoms with Crippen LogP contribution in [0.15, 0.2) is 4.52 Å². The number of ether oxygens (including phenoxy) is 1. The summed E-state index contributed by atoms with van der Waals surface area (Å²) in [5, 5.41) is 14.9. The number of nitrogens with zero attached hydrogens (tertiary/aromatic N) is 2. The molecule has 2 atom stereocenters. The summed E-state index contributed by atoms with van der Waals surface area (Å²) < 4.78 is 10.3. The molecule has 1 aromatic heterocycles. The fourth-order valence-electron chi connectivity index (χ4n) is 3.63. The van der Waals surface area contributed by atoms with Crippen LogP contribution in [-0.2, 0) is 11.3 Å². The molecule has 2 aliphatic rings. The van der Waals surface area contributed by atoms with Gasteiger partial charge in [0.25, 0.3) is 5.91 Å². The van der Waals surface area contributed by atoms with E-state index >= 15 is 0 Å². The third-order valence-electron chi connectivity index (χ3n) is 5.37. The Kier molecular flexibility index (Phi) is 3.99. The molecule has 0 spiro atoms. The van der Waals surface area contributed by atoms with Gasteiger partial charge in [0.2, 0.25) is 0 Å². The van der Waals surface area contributed by atoms with Crippen LogP contribution >= 0.6 is 0 Å². The van der Waals surface area contributed by atoms with E-state index in [2.05, 4.69) is 5.16 Å². The van der Waals surface area contributed by atoms with Gasteiger partial charge in [-0.3, -0.25) is 4.79 Å². The Hall–Kier alpha value is -1.40. The van der Waals surface area contributed by atoms with E-state index in [1.54, 1.807) is 18.9 Å². The molecule has 0 radical (unpaired) electrons. The van der Waals surface area contributed by atoms with E-state index < -0.39 is 5.60 Å². The Morgan fingerprint density at radius 2 is 2.27 bits per heavy atom. The first-order chi connectivity index (χ1) is 10.5. The molecule has 2 fully saturated rings. The molecule has 0 bridgehead atoms. The van der Waals surface area contributed by atoms with E-state index in [-0.39, 0.29) is 11.8 Å². The number of aliphatic hydroxyl groups is 1. The van der Waals surface area contributed by atoms with Gasteiger partial charge in [-0.25, -0.2) is 0 Å². The van der Waals surface area contributed by atoms with Crippen LogP contribution in [0.3, 0.4) is 0 Å². The zero-order valence-electron chi connectivity index (χ0n) is 13.5. The fourth-order valence-corrected chi connectivity index (χ4v) is 3.63. The molecule has 1 saturated carbocycles. The van der Waals surface area contributed by atoms with Crippen molar-refractivity contribution in [2.45, 2.75) is 45.3 Å². The van der Waals surface area contributed by atoms with E-state index in [0.29, 0.717) is 42.6 Å². The van der Waals surface area contributed by atoms with Crippen molar-refractivity contribution in [2.24, 2.45) is 11.8 Å². The minimum atomic E-state index is -0.756. The molecule has 0 unspecified atom stereocenters. The fraction of sp³-hybridized carbons (Fsp3) is 0.750. The molecule has 6 nitrogen and oxygen atoms in total. The first-order valence-electron chi connectivity index (χ1n) is 7.93. The van der Waals surface area contributed by atoms with Gasteiger partial charge in [-0.15, -0.1) is 0 Å². The Bertz CT molecular complexity index is 566. The number of methoxy groups -OCH3 is 1. The highest BCUT2D eigenvalue weighted by Crippen LogP contribution is 2.44. The largest absolute Gasteiger partial charge is 0.387 e. The molecule has 1 aliphatic carbocycles. The van der Waals surface area contributed by atoms with Gasteiger partial charge in [0.15, 0.2) is 5.69 Å². The van der Waals surface area contributed by atoms with Crippen molar-refractivity contribution in [3.05, 3.63) is 17.0 Å². The Morgan fingerprint density at radius 3 is 2.86 bits per heavy atom. The quantitative estimate of drug-likeness (QED) is 0.917. The summed E-state index contributed by atoms with van der Waals surface area (Å²) in [6.07, 6.45) is 3.29. The second kappa shape index (κ2) is 5.66. The van der Waals surface area contributed by atoms with Gasteiger partial charge in [0, 0.05) is 19.6 Å². The van der Waals surface area contributed by atoms with E-state index in [0.717, 1.165) is 12.8 Å². The molecule has 3 rings (SSSR count). The average molecular weight is 308 g/mol. The number of β-amino-alcohol motifs (C(OH)–C–C–N with tert-alkyl or cyclic N) is 1. The van der Waals surface area contributed by atoms with Gasteiger partial charge >= 0.3 is 0 Å². The lowest BCUT2D eigenvalue weighted by Gasteiger charge is -2.41. The molecule has 6 heteroatoms. The van der Waals surface area contributed by atoms with Gasteiger partial charge in [0.1, 0.15) is 5.76 Å². The number of aromatic nitrogens is 1. The van der Waals surface area contributed by atoms with Crippen molar-refractivity contribution in [2.75, 3.05) is 20.2 Å².